The Kier molecular flexibility index (Phi) is 7.39. The monoisotopic (exact) mass is 130 g/mol. The van der Waals surface area contributed by atoms with Gasteiger partial charge in [-0.15, -0.1) is 0 Å². The molecule has 0 aliphatic heterocycles. The summed E-state index contributed by atoms with van der Waals surface area (Å²) < 4.78 is 11.5. The molecule has 0 spiro atoms. The van der Waals surface area contributed by atoms with Crippen molar-refractivity contribution in [2.45, 2.75) is 32.6 Å². The fourth-order valence-electron chi connectivity index (χ4n) is 0.597. The second-order valence-corrected chi connectivity index (χ2v) is 2.09. The molecule has 0 N–H and O–H groups in total. The number of hydrogen-bond donors (Lipinski definition) is 0. The lowest BCUT2D eigenvalue weighted by Gasteiger charge is -1.85. The van der Waals surface area contributed by atoms with E-state index in [-0.39, 0.29) is 6.67 Å². The third-order valence-electron chi connectivity index (χ3n) is 1.13. The van der Waals surface area contributed by atoms with Crippen LogP contribution in [0, 0.1) is 0 Å². The Bertz CT molecular complexity index is 67.0. The highest BCUT2D eigenvalue weighted by Crippen LogP contribution is 1.94. The SMILES string of the molecule is CCCC=CCCCF. The predicted molar refractivity (Wildman–Crippen MR) is 39.3 cm³/mol. The zero-order valence-electron chi connectivity index (χ0n) is 6.07. The van der Waals surface area contributed by atoms with E-state index in [4.69, 9.17) is 0 Å². The van der Waals surface area contributed by atoms with Gasteiger partial charge in [-0.1, -0.05) is 25.5 Å². The summed E-state index contributed by atoms with van der Waals surface area (Å²) in [4.78, 5) is 0. The van der Waals surface area contributed by atoms with Gasteiger partial charge >= 0.3 is 0 Å². The van der Waals surface area contributed by atoms with Gasteiger partial charge in [0.15, 0.2) is 0 Å². The van der Waals surface area contributed by atoms with E-state index in [1.54, 1.807) is 0 Å². The van der Waals surface area contributed by atoms with Crippen molar-refractivity contribution in [3.8, 4) is 0 Å². The first-order chi connectivity index (χ1) is 4.41. The highest BCUT2D eigenvalue weighted by Gasteiger charge is 1.78. The molecule has 0 amide bonds. The van der Waals surface area contributed by atoms with Gasteiger partial charge in [0, 0.05) is 0 Å². The summed E-state index contributed by atoms with van der Waals surface area (Å²) in [5, 5.41) is 0. The molecule has 0 bridgehead atoms. The molecule has 0 unspecified atom stereocenters. The first-order valence-corrected chi connectivity index (χ1v) is 3.62. The van der Waals surface area contributed by atoms with Crippen LogP contribution >= 0.6 is 0 Å². The summed E-state index contributed by atoms with van der Waals surface area (Å²) in [6.07, 6.45) is 8.08. The predicted octanol–water partition coefficient (Wildman–Crippen LogP) is 3.09. The van der Waals surface area contributed by atoms with Crippen molar-refractivity contribution in [3.63, 3.8) is 0 Å². The molecule has 0 atom stereocenters. The number of rotatable bonds is 5. The molecule has 0 heterocycles. The van der Waals surface area contributed by atoms with Crippen molar-refractivity contribution >= 4 is 0 Å². The van der Waals surface area contributed by atoms with Crippen molar-refractivity contribution in [1.82, 2.24) is 0 Å². The smallest absolute Gasteiger partial charge is 0.0897 e. The van der Waals surface area contributed by atoms with Gasteiger partial charge in [0.05, 0.1) is 6.67 Å². The van der Waals surface area contributed by atoms with E-state index in [2.05, 4.69) is 19.1 Å². The molecule has 0 saturated carbocycles. The molecular formula is C8H15F. The lowest BCUT2D eigenvalue weighted by atomic mass is 10.2. The van der Waals surface area contributed by atoms with Gasteiger partial charge in [0.1, 0.15) is 0 Å². The van der Waals surface area contributed by atoms with Crippen LogP contribution in [-0.4, -0.2) is 6.67 Å². The van der Waals surface area contributed by atoms with Crippen molar-refractivity contribution in [1.29, 1.82) is 0 Å². The van der Waals surface area contributed by atoms with E-state index in [1.165, 1.54) is 6.42 Å². The first kappa shape index (κ1) is 8.67. The molecule has 0 aromatic carbocycles. The van der Waals surface area contributed by atoms with Crippen LogP contribution in [0.4, 0.5) is 4.39 Å². The fourth-order valence-corrected chi connectivity index (χ4v) is 0.597. The standard InChI is InChI=1S/C8H15F/c1-2-3-4-5-6-7-8-9/h4-5H,2-3,6-8H2,1H3. The van der Waals surface area contributed by atoms with Crippen molar-refractivity contribution in [2.75, 3.05) is 6.67 Å². The molecule has 0 aromatic heterocycles. The lowest BCUT2D eigenvalue weighted by Crippen LogP contribution is -1.71. The van der Waals surface area contributed by atoms with Crippen LogP contribution < -0.4 is 0 Å². The largest absolute Gasteiger partial charge is 0.251 e. The first-order valence-electron chi connectivity index (χ1n) is 3.62. The maximum atomic E-state index is 11.5. The number of unbranched alkanes of at least 4 members (excludes halogenated alkanes) is 2. The molecule has 0 radical (unpaired) electrons. The fraction of sp³-hybridized carbons (Fsp3) is 0.750. The van der Waals surface area contributed by atoms with Crippen LogP contribution in [0.25, 0.3) is 0 Å². The normalized spacial score (nSPS) is 10.9. The highest BCUT2D eigenvalue weighted by atomic mass is 19.1. The summed E-state index contributed by atoms with van der Waals surface area (Å²) in [6, 6.07) is 0. The van der Waals surface area contributed by atoms with Gasteiger partial charge in [-0.2, -0.15) is 0 Å². The summed E-state index contributed by atoms with van der Waals surface area (Å²) in [6.45, 7) is 1.95. The molecule has 9 heavy (non-hydrogen) atoms. The molecule has 0 aliphatic carbocycles. The topological polar surface area (TPSA) is 0 Å². The van der Waals surface area contributed by atoms with Crippen molar-refractivity contribution in [3.05, 3.63) is 12.2 Å². The van der Waals surface area contributed by atoms with Crippen LogP contribution in [0.2, 0.25) is 0 Å². The molecule has 0 fully saturated rings. The number of halogens is 1. The minimum absolute atomic E-state index is 0.184. The van der Waals surface area contributed by atoms with Crippen LogP contribution in [0.15, 0.2) is 12.2 Å². The minimum Gasteiger partial charge on any atom is -0.251 e. The average Bonchev–Trinajstić information content (AvgIpc) is 1.89. The molecule has 0 aromatic rings. The van der Waals surface area contributed by atoms with Crippen molar-refractivity contribution in [2.24, 2.45) is 0 Å². The number of alkyl halides is 1. The Morgan fingerprint density at radius 1 is 1.22 bits per heavy atom. The van der Waals surface area contributed by atoms with Gasteiger partial charge in [-0.3, -0.25) is 4.39 Å². The molecule has 0 saturated heterocycles. The highest BCUT2D eigenvalue weighted by molar-refractivity contribution is 4.80. The molecular weight excluding hydrogens is 115 g/mol. The van der Waals surface area contributed by atoms with Gasteiger partial charge in [0.25, 0.3) is 0 Å². The Labute approximate surface area is 56.8 Å². The lowest BCUT2D eigenvalue weighted by molar-refractivity contribution is 0.475. The third-order valence-corrected chi connectivity index (χ3v) is 1.13. The summed E-state index contributed by atoms with van der Waals surface area (Å²) in [5.74, 6) is 0. The summed E-state index contributed by atoms with van der Waals surface area (Å²) in [7, 11) is 0. The van der Waals surface area contributed by atoms with Gasteiger partial charge in [-0.05, 0) is 19.3 Å². The average molecular weight is 130 g/mol. The molecule has 0 aliphatic rings. The molecule has 0 rings (SSSR count). The Balaban J connectivity index is 2.86. The number of allylic oxidation sites excluding steroid dienone is 2. The summed E-state index contributed by atoms with van der Waals surface area (Å²) >= 11 is 0. The van der Waals surface area contributed by atoms with Gasteiger partial charge < -0.3 is 0 Å². The van der Waals surface area contributed by atoms with E-state index < -0.39 is 0 Å². The third kappa shape index (κ3) is 7.67. The van der Waals surface area contributed by atoms with Crippen molar-refractivity contribution < 1.29 is 4.39 Å². The quantitative estimate of drug-likeness (QED) is 0.396. The van der Waals surface area contributed by atoms with E-state index in [9.17, 15) is 4.39 Å². The van der Waals surface area contributed by atoms with E-state index in [0.29, 0.717) is 6.42 Å². The zero-order valence-corrected chi connectivity index (χ0v) is 6.07. The minimum atomic E-state index is -0.184. The van der Waals surface area contributed by atoms with Crippen LogP contribution in [0.3, 0.4) is 0 Å². The van der Waals surface area contributed by atoms with Crippen LogP contribution in [0.5, 0.6) is 0 Å². The molecule has 1 heteroatoms. The van der Waals surface area contributed by atoms with Gasteiger partial charge in [-0.25, -0.2) is 0 Å². The van der Waals surface area contributed by atoms with E-state index >= 15 is 0 Å². The van der Waals surface area contributed by atoms with Crippen LogP contribution in [0.1, 0.15) is 32.6 Å². The van der Waals surface area contributed by atoms with Gasteiger partial charge in [0.2, 0.25) is 0 Å². The second kappa shape index (κ2) is 7.67. The Hall–Kier alpha value is -0.330. The van der Waals surface area contributed by atoms with E-state index in [0.717, 1.165) is 12.8 Å². The maximum absolute atomic E-state index is 11.5. The Morgan fingerprint density at radius 2 is 1.89 bits per heavy atom. The number of hydrogen-bond acceptors (Lipinski definition) is 0. The zero-order chi connectivity index (χ0) is 6.95. The van der Waals surface area contributed by atoms with Crippen LogP contribution in [-0.2, 0) is 0 Å². The molecule has 0 nitrogen and oxygen atoms in total. The second-order valence-electron chi connectivity index (χ2n) is 2.09. The Morgan fingerprint density at radius 3 is 2.44 bits per heavy atom. The maximum Gasteiger partial charge on any atom is 0.0897 e. The van der Waals surface area contributed by atoms with E-state index in [1.807, 2.05) is 0 Å². The summed E-state index contributed by atoms with van der Waals surface area (Å²) in [5.41, 5.74) is 0. The molecule has 54 valence electrons.